The summed E-state index contributed by atoms with van der Waals surface area (Å²) in [6.07, 6.45) is 16.7. The minimum atomic E-state index is 0.626. The standard InChI is InChI=1S/2C15H18O.C9H14O/c1-2-4-11(5-3-1)12-6-10-7-13(12)14(8-10)15-9-16-15;1-2-4-10(5-3-1)13-7-12-6-11(13)8-14(12)15-9-16-15;1-2-7-3-6(1)4-8(7)9-5-10-9/h1-5,10,12-15H,6-9H2;1-5,11-15H,6-9H2;6-9H,1-5H2. The number of ether oxygens (including phenoxy) is 3. The molecule has 11 rings (SSSR count). The van der Waals surface area contributed by atoms with E-state index in [-0.39, 0.29) is 0 Å². The molecule has 0 radical (unpaired) electrons. The summed E-state index contributed by atoms with van der Waals surface area (Å²) in [5.74, 6) is 10.4. The molecule has 3 aliphatic heterocycles. The maximum Gasteiger partial charge on any atom is 0.0841 e. The number of hydrogen-bond donors (Lipinski definition) is 0. The summed E-state index contributed by atoms with van der Waals surface area (Å²) in [6, 6.07) is 22.2. The van der Waals surface area contributed by atoms with Gasteiger partial charge in [0.05, 0.1) is 38.1 Å². The molecule has 0 amide bonds. The van der Waals surface area contributed by atoms with Gasteiger partial charge < -0.3 is 14.2 Å². The van der Waals surface area contributed by atoms with Gasteiger partial charge in [-0.3, -0.25) is 0 Å². The average molecular weight is 567 g/mol. The Labute approximate surface area is 253 Å². The van der Waals surface area contributed by atoms with Gasteiger partial charge in [0.1, 0.15) is 0 Å². The Kier molecular flexibility index (Phi) is 7.02. The molecule has 14 atom stereocenters. The zero-order valence-corrected chi connectivity index (χ0v) is 25.3. The van der Waals surface area contributed by atoms with Gasteiger partial charge >= 0.3 is 0 Å². The van der Waals surface area contributed by atoms with E-state index >= 15 is 0 Å². The summed E-state index contributed by atoms with van der Waals surface area (Å²) in [5.41, 5.74) is 3.14. The molecule has 9 aliphatic rings. The summed E-state index contributed by atoms with van der Waals surface area (Å²) < 4.78 is 16.4. The lowest BCUT2D eigenvalue weighted by Crippen LogP contribution is -2.22. The third-order valence-electron chi connectivity index (χ3n) is 13.5. The Morgan fingerprint density at radius 3 is 1.50 bits per heavy atom. The number of hydrogen-bond acceptors (Lipinski definition) is 3. The molecule has 0 N–H and O–H groups in total. The van der Waals surface area contributed by atoms with E-state index in [1.54, 1.807) is 11.1 Å². The monoisotopic (exact) mass is 566 g/mol. The van der Waals surface area contributed by atoms with Crippen LogP contribution in [0.25, 0.3) is 0 Å². The minimum absolute atomic E-state index is 0.626. The van der Waals surface area contributed by atoms with Crippen LogP contribution in [0, 0.1) is 53.3 Å². The quantitative estimate of drug-likeness (QED) is 0.342. The lowest BCUT2D eigenvalue weighted by molar-refractivity contribution is 0.228. The second kappa shape index (κ2) is 11.0. The van der Waals surface area contributed by atoms with Gasteiger partial charge in [0.25, 0.3) is 0 Å². The van der Waals surface area contributed by atoms with Gasteiger partial charge in [0.15, 0.2) is 0 Å². The average Bonchev–Trinajstić information content (AvgIpc) is 4.02. The predicted molar refractivity (Wildman–Crippen MR) is 165 cm³/mol. The summed E-state index contributed by atoms with van der Waals surface area (Å²) in [7, 11) is 0. The van der Waals surface area contributed by atoms with E-state index in [1.165, 1.54) is 64.2 Å². The Hall–Kier alpha value is -1.68. The van der Waals surface area contributed by atoms with E-state index in [4.69, 9.17) is 14.2 Å². The van der Waals surface area contributed by atoms with Crippen LogP contribution in [0.15, 0.2) is 60.7 Å². The van der Waals surface area contributed by atoms with Gasteiger partial charge in [-0.1, -0.05) is 67.1 Å². The molecule has 3 heterocycles. The second-order valence-electron chi connectivity index (χ2n) is 15.8. The topological polar surface area (TPSA) is 37.6 Å². The predicted octanol–water partition coefficient (Wildman–Crippen LogP) is 8.25. The van der Waals surface area contributed by atoms with Crippen LogP contribution in [0.2, 0.25) is 0 Å². The summed E-state index contributed by atoms with van der Waals surface area (Å²) in [6.45, 7) is 3.16. The molecule has 3 nitrogen and oxygen atoms in total. The zero-order valence-electron chi connectivity index (χ0n) is 25.3. The highest BCUT2D eigenvalue weighted by Gasteiger charge is 2.53. The van der Waals surface area contributed by atoms with Gasteiger partial charge in [-0.05, 0) is 134 Å². The van der Waals surface area contributed by atoms with Crippen molar-refractivity contribution in [3.63, 3.8) is 0 Å². The fourth-order valence-corrected chi connectivity index (χ4v) is 11.5. The molecule has 9 fully saturated rings. The molecule has 2 aromatic rings. The molecular weight excluding hydrogens is 516 g/mol. The van der Waals surface area contributed by atoms with E-state index in [9.17, 15) is 0 Å². The van der Waals surface area contributed by atoms with Crippen molar-refractivity contribution in [1.29, 1.82) is 0 Å². The lowest BCUT2D eigenvalue weighted by Gasteiger charge is -2.28. The van der Waals surface area contributed by atoms with E-state index in [0.29, 0.717) is 18.3 Å². The Morgan fingerprint density at radius 2 is 0.976 bits per heavy atom. The molecule has 3 heteroatoms. The highest BCUT2D eigenvalue weighted by Crippen LogP contribution is 2.59. The van der Waals surface area contributed by atoms with Crippen LogP contribution in [0.5, 0.6) is 0 Å². The molecule has 2 aromatic carbocycles. The Balaban J connectivity index is 0.0000000918. The third-order valence-corrected chi connectivity index (χ3v) is 13.5. The van der Waals surface area contributed by atoms with Gasteiger partial charge in [-0.15, -0.1) is 0 Å². The number of fused-ring (bicyclic) bond motifs is 6. The highest BCUT2D eigenvalue weighted by molar-refractivity contribution is 5.25. The molecule has 42 heavy (non-hydrogen) atoms. The molecule has 14 unspecified atom stereocenters. The highest BCUT2D eigenvalue weighted by atomic mass is 16.6. The van der Waals surface area contributed by atoms with Gasteiger partial charge in [0, 0.05) is 0 Å². The minimum Gasteiger partial charge on any atom is -0.373 e. The summed E-state index contributed by atoms with van der Waals surface area (Å²) in [5, 5.41) is 0. The Bertz CT molecular complexity index is 1200. The van der Waals surface area contributed by atoms with Crippen molar-refractivity contribution in [2.45, 2.75) is 94.4 Å². The molecule has 0 aromatic heterocycles. The number of benzene rings is 2. The van der Waals surface area contributed by atoms with Gasteiger partial charge in [-0.25, -0.2) is 0 Å². The van der Waals surface area contributed by atoms with Crippen LogP contribution in [0.4, 0.5) is 0 Å². The van der Waals surface area contributed by atoms with Crippen molar-refractivity contribution in [3.8, 4) is 0 Å². The maximum atomic E-state index is 5.53. The SMILES string of the molecule is C1CC2CC1CC2C1CO1.c1ccc(C2CC3CC(C4CO4)C2C3)cc1.c1ccc(C2CC3CC2CC3C2CO2)cc1. The summed E-state index contributed by atoms with van der Waals surface area (Å²) in [4.78, 5) is 0. The van der Waals surface area contributed by atoms with E-state index in [1.807, 2.05) is 0 Å². The summed E-state index contributed by atoms with van der Waals surface area (Å²) >= 11 is 0. The molecule has 0 spiro atoms. The maximum absolute atomic E-state index is 5.53. The van der Waals surface area contributed by atoms with Gasteiger partial charge in [-0.2, -0.15) is 0 Å². The van der Waals surface area contributed by atoms with Crippen molar-refractivity contribution in [2.24, 2.45) is 53.3 Å². The van der Waals surface area contributed by atoms with Crippen molar-refractivity contribution >= 4 is 0 Å². The third kappa shape index (κ3) is 5.30. The van der Waals surface area contributed by atoms with Crippen LogP contribution in [0.3, 0.4) is 0 Å². The lowest BCUT2D eigenvalue weighted by atomic mass is 9.76. The first-order chi connectivity index (χ1) is 20.8. The number of epoxide rings is 3. The van der Waals surface area contributed by atoms with Crippen molar-refractivity contribution in [1.82, 2.24) is 0 Å². The first kappa shape index (κ1) is 26.7. The van der Waals surface area contributed by atoms with Crippen molar-refractivity contribution in [3.05, 3.63) is 71.8 Å². The first-order valence-electron chi connectivity index (χ1n) is 17.7. The molecule has 6 aliphatic carbocycles. The molecule has 224 valence electrons. The van der Waals surface area contributed by atoms with Crippen molar-refractivity contribution in [2.75, 3.05) is 19.8 Å². The van der Waals surface area contributed by atoms with Crippen LogP contribution in [-0.2, 0) is 14.2 Å². The van der Waals surface area contributed by atoms with Crippen LogP contribution < -0.4 is 0 Å². The normalized spacial score (nSPS) is 47.9. The fraction of sp³-hybridized carbons (Fsp3) is 0.692. The van der Waals surface area contributed by atoms with E-state index in [2.05, 4.69) is 60.7 Å². The first-order valence-corrected chi connectivity index (χ1v) is 17.7. The zero-order chi connectivity index (χ0) is 27.6. The largest absolute Gasteiger partial charge is 0.373 e. The van der Waals surface area contributed by atoms with Crippen LogP contribution >= 0.6 is 0 Å². The number of rotatable bonds is 5. The Morgan fingerprint density at radius 1 is 0.405 bits per heavy atom. The molecule has 6 saturated carbocycles. The van der Waals surface area contributed by atoms with E-state index < -0.39 is 0 Å². The second-order valence-corrected chi connectivity index (χ2v) is 15.8. The molecule has 6 bridgehead atoms. The van der Waals surface area contributed by atoms with Gasteiger partial charge in [0.2, 0.25) is 0 Å². The van der Waals surface area contributed by atoms with Crippen LogP contribution in [-0.4, -0.2) is 38.1 Å². The fourth-order valence-electron chi connectivity index (χ4n) is 11.5. The van der Waals surface area contributed by atoms with E-state index in [0.717, 1.165) is 84.9 Å². The van der Waals surface area contributed by atoms with Crippen LogP contribution in [0.1, 0.15) is 87.2 Å². The van der Waals surface area contributed by atoms with Crippen molar-refractivity contribution < 1.29 is 14.2 Å². The molecular formula is C39H50O3. The molecule has 3 saturated heterocycles. The smallest absolute Gasteiger partial charge is 0.0841 e.